The van der Waals surface area contributed by atoms with E-state index in [1.165, 1.54) is 57.7 Å². The van der Waals surface area contributed by atoms with Gasteiger partial charge >= 0.3 is 0 Å². The molecule has 0 aromatic carbocycles. The van der Waals surface area contributed by atoms with Crippen LogP contribution in [0, 0.1) is 0 Å². The zero-order chi connectivity index (χ0) is 10.3. The molecule has 3 heteroatoms. The van der Waals surface area contributed by atoms with E-state index in [2.05, 4.69) is 34.1 Å². The summed E-state index contributed by atoms with van der Waals surface area (Å²) >= 11 is 2.19. The highest BCUT2D eigenvalue weighted by molar-refractivity contribution is 7.99. The molecule has 1 saturated heterocycles. The van der Waals surface area contributed by atoms with Crippen LogP contribution in [0.3, 0.4) is 0 Å². The Hall–Kier alpha value is 0.01000. The van der Waals surface area contributed by atoms with Gasteiger partial charge in [-0.1, -0.05) is 12.2 Å². The zero-order valence-electron chi connectivity index (χ0n) is 9.45. The van der Waals surface area contributed by atoms with Crippen LogP contribution >= 0.6 is 11.8 Å². The molecule has 1 fully saturated rings. The highest BCUT2D eigenvalue weighted by Gasteiger charge is 2.13. The van der Waals surface area contributed by atoms with E-state index in [0.717, 1.165) is 5.25 Å². The van der Waals surface area contributed by atoms with Crippen molar-refractivity contribution < 1.29 is 0 Å². The highest BCUT2D eigenvalue weighted by Crippen LogP contribution is 2.20. The third kappa shape index (κ3) is 4.17. The molecule has 2 aliphatic rings. The van der Waals surface area contributed by atoms with Gasteiger partial charge in [-0.05, 0) is 32.4 Å². The Kier molecular flexibility index (Phi) is 5.03. The van der Waals surface area contributed by atoms with Crippen molar-refractivity contribution in [2.75, 3.05) is 38.5 Å². The molecule has 0 bridgehead atoms. The number of thioether (sulfide) groups is 1. The first-order valence-corrected chi connectivity index (χ1v) is 7.20. The number of piperidine rings is 1. The second-order valence-corrected chi connectivity index (χ2v) is 5.79. The molecule has 0 aromatic heterocycles. The average molecular weight is 226 g/mol. The minimum absolute atomic E-state index is 0.923. The van der Waals surface area contributed by atoms with Crippen molar-refractivity contribution in [2.45, 2.75) is 24.5 Å². The molecule has 0 aliphatic carbocycles. The molecule has 0 spiro atoms. The summed E-state index contributed by atoms with van der Waals surface area (Å²) in [5.74, 6) is 1.32. The molecule has 0 radical (unpaired) electrons. The van der Waals surface area contributed by atoms with E-state index >= 15 is 0 Å². The summed E-state index contributed by atoms with van der Waals surface area (Å²) in [4.78, 5) is 2.56. The van der Waals surface area contributed by atoms with Gasteiger partial charge in [-0.15, -0.1) is 0 Å². The summed E-state index contributed by atoms with van der Waals surface area (Å²) < 4.78 is 0. The van der Waals surface area contributed by atoms with Crippen molar-refractivity contribution in [1.82, 2.24) is 10.2 Å². The molecule has 2 rings (SSSR count). The fourth-order valence-corrected chi connectivity index (χ4v) is 3.47. The highest BCUT2D eigenvalue weighted by atomic mass is 32.2. The molecule has 0 amide bonds. The molecule has 2 aliphatic heterocycles. The van der Waals surface area contributed by atoms with Gasteiger partial charge in [0.2, 0.25) is 0 Å². The second kappa shape index (κ2) is 6.56. The van der Waals surface area contributed by atoms with E-state index in [4.69, 9.17) is 0 Å². The van der Waals surface area contributed by atoms with E-state index in [-0.39, 0.29) is 0 Å². The van der Waals surface area contributed by atoms with Gasteiger partial charge in [0.25, 0.3) is 0 Å². The summed E-state index contributed by atoms with van der Waals surface area (Å²) in [6.07, 6.45) is 8.59. The number of nitrogens with zero attached hydrogens (tertiary/aromatic N) is 1. The Bertz CT molecular complexity index is 200. The lowest BCUT2D eigenvalue weighted by Gasteiger charge is -2.25. The summed E-state index contributed by atoms with van der Waals surface area (Å²) in [7, 11) is 0. The van der Waals surface area contributed by atoms with Crippen LogP contribution in [0.2, 0.25) is 0 Å². The lowest BCUT2D eigenvalue weighted by Crippen LogP contribution is -2.32. The van der Waals surface area contributed by atoms with Crippen LogP contribution in [0.15, 0.2) is 12.2 Å². The largest absolute Gasteiger partial charge is 0.317 e. The Balaban J connectivity index is 1.55. The molecule has 15 heavy (non-hydrogen) atoms. The quantitative estimate of drug-likeness (QED) is 0.735. The number of hydrogen-bond donors (Lipinski definition) is 1. The molecule has 0 atom stereocenters. The molecule has 2 heterocycles. The van der Waals surface area contributed by atoms with Crippen molar-refractivity contribution in [3.63, 3.8) is 0 Å². The van der Waals surface area contributed by atoms with Crippen LogP contribution in [-0.2, 0) is 0 Å². The molecule has 0 saturated carbocycles. The monoisotopic (exact) mass is 226 g/mol. The molecular weight excluding hydrogens is 204 g/mol. The van der Waals surface area contributed by atoms with Crippen molar-refractivity contribution >= 4 is 11.8 Å². The van der Waals surface area contributed by atoms with E-state index in [0.29, 0.717) is 0 Å². The molecule has 0 unspecified atom stereocenters. The molecule has 2 nitrogen and oxygen atoms in total. The van der Waals surface area contributed by atoms with Gasteiger partial charge in [-0.25, -0.2) is 0 Å². The van der Waals surface area contributed by atoms with Crippen molar-refractivity contribution in [3.05, 3.63) is 12.2 Å². The van der Waals surface area contributed by atoms with Crippen molar-refractivity contribution in [1.29, 1.82) is 0 Å². The number of rotatable bonds is 4. The Morgan fingerprint density at radius 1 is 1.27 bits per heavy atom. The van der Waals surface area contributed by atoms with Gasteiger partial charge in [-0.3, -0.25) is 4.90 Å². The van der Waals surface area contributed by atoms with Gasteiger partial charge in [-0.2, -0.15) is 11.8 Å². The number of hydrogen-bond acceptors (Lipinski definition) is 3. The maximum atomic E-state index is 3.42. The third-order valence-corrected chi connectivity index (χ3v) is 4.55. The van der Waals surface area contributed by atoms with Gasteiger partial charge < -0.3 is 5.32 Å². The molecular formula is C12H22N2S. The third-order valence-electron chi connectivity index (χ3n) is 3.19. The minimum atomic E-state index is 0.923. The Morgan fingerprint density at radius 3 is 2.87 bits per heavy atom. The maximum Gasteiger partial charge on any atom is 0.0163 e. The maximum absolute atomic E-state index is 3.42. The lowest BCUT2D eigenvalue weighted by atomic mass is 10.2. The predicted molar refractivity (Wildman–Crippen MR) is 68.5 cm³/mol. The van der Waals surface area contributed by atoms with Crippen LogP contribution in [0.5, 0.6) is 0 Å². The predicted octanol–water partition coefficient (Wildman–Crippen LogP) is 1.73. The topological polar surface area (TPSA) is 15.3 Å². The van der Waals surface area contributed by atoms with Crippen LogP contribution in [0.4, 0.5) is 0 Å². The van der Waals surface area contributed by atoms with Crippen LogP contribution in [0.25, 0.3) is 0 Å². The second-order valence-electron chi connectivity index (χ2n) is 4.38. The van der Waals surface area contributed by atoms with Crippen LogP contribution in [-0.4, -0.2) is 48.6 Å². The first-order valence-electron chi connectivity index (χ1n) is 6.15. The van der Waals surface area contributed by atoms with E-state index < -0.39 is 0 Å². The van der Waals surface area contributed by atoms with Gasteiger partial charge in [0.15, 0.2) is 0 Å². The van der Waals surface area contributed by atoms with Crippen LogP contribution in [0.1, 0.15) is 19.3 Å². The fourth-order valence-electron chi connectivity index (χ4n) is 2.20. The summed E-state index contributed by atoms with van der Waals surface area (Å²) in [6, 6.07) is 0. The summed E-state index contributed by atoms with van der Waals surface area (Å²) in [5.41, 5.74) is 0. The molecule has 86 valence electrons. The van der Waals surface area contributed by atoms with Crippen molar-refractivity contribution in [3.8, 4) is 0 Å². The fraction of sp³-hybridized carbons (Fsp3) is 0.833. The minimum Gasteiger partial charge on any atom is -0.317 e. The van der Waals surface area contributed by atoms with Gasteiger partial charge in [0.1, 0.15) is 0 Å². The summed E-state index contributed by atoms with van der Waals surface area (Å²) in [5, 5.41) is 4.34. The van der Waals surface area contributed by atoms with E-state index in [1.807, 2.05) is 0 Å². The lowest BCUT2D eigenvalue weighted by molar-refractivity contribution is 0.317. The Morgan fingerprint density at radius 2 is 2.13 bits per heavy atom. The van der Waals surface area contributed by atoms with E-state index in [1.54, 1.807) is 0 Å². The average Bonchev–Trinajstić information content (AvgIpc) is 2.32. The van der Waals surface area contributed by atoms with E-state index in [9.17, 15) is 0 Å². The zero-order valence-corrected chi connectivity index (χ0v) is 10.3. The first-order chi connectivity index (χ1) is 7.45. The Labute approximate surface area is 97.5 Å². The van der Waals surface area contributed by atoms with Gasteiger partial charge in [0, 0.05) is 30.6 Å². The molecule has 0 aromatic rings. The summed E-state index contributed by atoms with van der Waals surface area (Å²) in [6.45, 7) is 6.17. The van der Waals surface area contributed by atoms with Gasteiger partial charge in [0.05, 0.1) is 0 Å². The standard InChI is InChI=1S/C12H22N2S/c1-2-8-14(9-3-1)10-11-15-12-4-6-13-7-5-12/h1-2,12-13H,3-11H2. The first kappa shape index (κ1) is 11.5. The SMILES string of the molecule is C1=CCN(CCSC2CCNCC2)CC1. The smallest absolute Gasteiger partial charge is 0.0163 e. The molecule has 1 N–H and O–H groups in total. The normalized spacial score (nSPS) is 24.5. The number of nitrogens with one attached hydrogen (secondary N) is 1. The van der Waals surface area contributed by atoms with Crippen molar-refractivity contribution in [2.24, 2.45) is 0 Å². The van der Waals surface area contributed by atoms with Crippen LogP contribution < -0.4 is 5.32 Å².